The van der Waals surface area contributed by atoms with Gasteiger partial charge in [-0.05, 0) is 48.4 Å². The van der Waals surface area contributed by atoms with E-state index in [2.05, 4.69) is 22.1 Å². The molecule has 1 fully saturated rings. The van der Waals surface area contributed by atoms with Gasteiger partial charge in [-0.1, -0.05) is 42.5 Å². The van der Waals surface area contributed by atoms with Crippen molar-refractivity contribution in [1.82, 2.24) is 20.0 Å². The van der Waals surface area contributed by atoms with E-state index in [1.807, 2.05) is 28.2 Å². The number of fused-ring (bicyclic) bond motifs is 1. The second kappa shape index (κ2) is 11.5. The molecule has 5 rings (SSSR count). The molecule has 7 nitrogen and oxygen atoms in total. The minimum atomic E-state index is -4.98. The fourth-order valence-electron chi connectivity index (χ4n) is 4.71. The van der Waals surface area contributed by atoms with Gasteiger partial charge < -0.3 is 14.8 Å². The van der Waals surface area contributed by atoms with E-state index in [1.54, 1.807) is 48.7 Å². The molecule has 1 N–H and O–H groups in total. The van der Waals surface area contributed by atoms with E-state index in [-0.39, 0.29) is 0 Å². The maximum absolute atomic E-state index is 12.9. The van der Waals surface area contributed by atoms with Crippen molar-refractivity contribution >= 4 is 16.8 Å². The Labute approximate surface area is 224 Å². The fraction of sp³-hybridized carbons (Fsp3) is 0.310. The van der Waals surface area contributed by atoms with Crippen LogP contribution in [0.15, 0.2) is 79.0 Å². The summed E-state index contributed by atoms with van der Waals surface area (Å²) in [5, 5.41) is 7.41. The van der Waals surface area contributed by atoms with Gasteiger partial charge in [0.2, 0.25) is 0 Å². The van der Waals surface area contributed by atoms with Crippen LogP contribution >= 0.6 is 0 Å². The molecule has 0 aliphatic carbocycles. The number of nitrogens with one attached hydrogen (secondary N) is 1. The Balaban J connectivity index is 1.37. The highest BCUT2D eigenvalue weighted by atomic mass is 19.4. The molecule has 0 saturated carbocycles. The first kappa shape index (κ1) is 26.7. The van der Waals surface area contributed by atoms with Crippen molar-refractivity contribution in [1.29, 1.82) is 0 Å². The van der Waals surface area contributed by atoms with Crippen LogP contribution < -0.4 is 10.1 Å². The molecule has 1 aliphatic heterocycles. The lowest BCUT2D eigenvalue weighted by molar-refractivity contribution is -0.174. The Kier molecular flexibility index (Phi) is 7.85. The number of halogens is 3. The van der Waals surface area contributed by atoms with Gasteiger partial charge in [-0.3, -0.25) is 9.69 Å². The number of carbonyl (C=O) groups excluding carboxylic acids is 1. The van der Waals surface area contributed by atoms with Crippen LogP contribution in [0.5, 0.6) is 5.75 Å². The molecule has 0 unspecified atom stereocenters. The lowest BCUT2D eigenvalue weighted by atomic mass is 10.0. The maximum atomic E-state index is 12.9. The summed E-state index contributed by atoms with van der Waals surface area (Å²) in [6.45, 7) is 5.61. The largest absolute Gasteiger partial charge is 0.484 e. The first-order valence-electron chi connectivity index (χ1n) is 12.7. The standard InChI is InChI=1S/C29H29F3N4O3/c1-20(34-28(37)29(30,31)32)27(22-7-3-2-4-8-22)39-25-10-11-26-23(17-25)18-33-36(26)24-9-5-6-21(16-24)19-35-12-14-38-15-13-35/h2-11,16-18,20,27H,12-15,19H2,1H3,(H,34,37)/t20-,27-/m0/s1. The molecule has 1 aromatic heterocycles. The fourth-order valence-corrected chi connectivity index (χ4v) is 4.71. The highest BCUT2D eigenvalue weighted by Crippen LogP contribution is 2.29. The second-order valence-corrected chi connectivity index (χ2v) is 9.54. The van der Waals surface area contributed by atoms with Crippen molar-refractivity contribution in [2.24, 2.45) is 0 Å². The van der Waals surface area contributed by atoms with Crippen LogP contribution in [0.1, 0.15) is 24.2 Å². The first-order valence-corrected chi connectivity index (χ1v) is 12.7. The van der Waals surface area contributed by atoms with Crippen LogP contribution in [-0.4, -0.2) is 59.1 Å². The molecule has 3 aromatic carbocycles. The predicted octanol–water partition coefficient (Wildman–Crippen LogP) is 5.04. The van der Waals surface area contributed by atoms with Crippen LogP contribution in [0.2, 0.25) is 0 Å². The molecule has 2 heterocycles. The van der Waals surface area contributed by atoms with E-state index in [1.165, 1.54) is 12.5 Å². The van der Waals surface area contributed by atoms with Gasteiger partial charge in [-0.25, -0.2) is 4.68 Å². The van der Waals surface area contributed by atoms with Crippen LogP contribution in [0.4, 0.5) is 13.2 Å². The molecule has 0 spiro atoms. The zero-order chi connectivity index (χ0) is 27.4. The minimum absolute atomic E-state index is 0.449. The van der Waals surface area contributed by atoms with Gasteiger partial charge in [-0.15, -0.1) is 0 Å². The zero-order valence-electron chi connectivity index (χ0n) is 21.4. The Bertz CT molecular complexity index is 1420. The third kappa shape index (κ3) is 6.40. The minimum Gasteiger partial charge on any atom is -0.484 e. The van der Waals surface area contributed by atoms with Crippen molar-refractivity contribution in [3.63, 3.8) is 0 Å². The number of carbonyl (C=O) groups is 1. The molecular formula is C29H29F3N4O3. The summed E-state index contributed by atoms with van der Waals surface area (Å²) < 4.78 is 52.1. The van der Waals surface area contributed by atoms with Gasteiger partial charge in [0.25, 0.3) is 0 Å². The number of morpholine rings is 1. The number of ether oxygens (including phenoxy) is 2. The SMILES string of the molecule is C[C@H](NC(=O)C(F)(F)F)[C@H](Oc1ccc2c(cnn2-c2cccc(CN3CCOCC3)c2)c1)c1ccccc1. The Morgan fingerprint density at radius 3 is 2.56 bits per heavy atom. The summed E-state index contributed by atoms with van der Waals surface area (Å²) in [7, 11) is 0. The number of hydrogen-bond acceptors (Lipinski definition) is 5. The van der Waals surface area contributed by atoms with Gasteiger partial charge in [0, 0.05) is 25.0 Å². The molecule has 1 saturated heterocycles. The van der Waals surface area contributed by atoms with Crippen molar-refractivity contribution in [2.75, 3.05) is 26.3 Å². The third-order valence-corrected chi connectivity index (χ3v) is 6.67. The molecule has 39 heavy (non-hydrogen) atoms. The predicted molar refractivity (Wildman–Crippen MR) is 141 cm³/mol. The number of nitrogens with zero attached hydrogens (tertiary/aromatic N) is 3. The number of aromatic nitrogens is 2. The maximum Gasteiger partial charge on any atom is 0.471 e. The van der Waals surface area contributed by atoms with Gasteiger partial charge in [-0.2, -0.15) is 18.3 Å². The molecule has 204 valence electrons. The summed E-state index contributed by atoms with van der Waals surface area (Å²) in [6.07, 6.45) is -4.10. The van der Waals surface area contributed by atoms with Gasteiger partial charge in [0.15, 0.2) is 0 Å². The number of benzene rings is 3. The van der Waals surface area contributed by atoms with Crippen molar-refractivity contribution < 1.29 is 27.4 Å². The summed E-state index contributed by atoms with van der Waals surface area (Å²) in [5.41, 5.74) is 3.61. The molecule has 10 heteroatoms. The Morgan fingerprint density at radius 1 is 1.05 bits per heavy atom. The van der Waals surface area contributed by atoms with Gasteiger partial charge in [0.1, 0.15) is 11.9 Å². The molecule has 4 aromatic rings. The van der Waals surface area contributed by atoms with Crippen LogP contribution in [-0.2, 0) is 16.1 Å². The number of amides is 1. The Morgan fingerprint density at radius 2 is 1.82 bits per heavy atom. The molecule has 0 bridgehead atoms. The van der Waals surface area contributed by atoms with Crippen molar-refractivity contribution in [3.05, 3.63) is 90.1 Å². The van der Waals surface area contributed by atoms with Crippen LogP contribution in [0.25, 0.3) is 16.6 Å². The molecule has 1 amide bonds. The van der Waals surface area contributed by atoms with E-state index < -0.39 is 24.2 Å². The summed E-state index contributed by atoms with van der Waals surface area (Å²) in [5.74, 6) is -1.56. The topological polar surface area (TPSA) is 68.6 Å². The highest BCUT2D eigenvalue weighted by molar-refractivity contribution is 5.82. The number of rotatable bonds is 8. The lowest BCUT2D eigenvalue weighted by Crippen LogP contribution is -2.45. The first-order chi connectivity index (χ1) is 18.8. The molecule has 1 aliphatic rings. The smallest absolute Gasteiger partial charge is 0.471 e. The van der Waals surface area contributed by atoms with Crippen LogP contribution in [0, 0.1) is 0 Å². The van der Waals surface area contributed by atoms with Gasteiger partial charge >= 0.3 is 12.1 Å². The number of alkyl halides is 3. The Hall–Kier alpha value is -3.89. The lowest BCUT2D eigenvalue weighted by Gasteiger charge is -2.27. The van der Waals surface area contributed by atoms with E-state index in [9.17, 15) is 18.0 Å². The van der Waals surface area contributed by atoms with E-state index >= 15 is 0 Å². The molecule has 2 atom stereocenters. The van der Waals surface area contributed by atoms with Crippen LogP contribution in [0.3, 0.4) is 0 Å². The van der Waals surface area contributed by atoms with Gasteiger partial charge in [0.05, 0.1) is 36.7 Å². The van der Waals surface area contributed by atoms with Crippen molar-refractivity contribution in [2.45, 2.75) is 31.8 Å². The monoisotopic (exact) mass is 538 g/mol. The zero-order valence-corrected chi connectivity index (χ0v) is 21.4. The average molecular weight is 539 g/mol. The average Bonchev–Trinajstić information content (AvgIpc) is 3.36. The normalized spacial score (nSPS) is 16.1. The molecule has 0 radical (unpaired) electrons. The third-order valence-electron chi connectivity index (χ3n) is 6.67. The second-order valence-electron chi connectivity index (χ2n) is 9.54. The summed E-state index contributed by atoms with van der Waals surface area (Å²) in [4.78, 5) is 14.0. The summed E-state index contributed by atoms with van der Waals surface area (Å²) >= 11 is 0. The van der Waals surface area contributed by atoms with Crippen molar-refractivity contribution in [3.8, 4) is 11.4 Å². The van der Waals surface area contributed by atoms with E-state index in [0.717, 1.165) is 49.4 Å². The number of hydrogen-bond donors (Lipinski definition) is 1. The van der Waals surface area contributed by atoms with E-state index in [4.69, 9.17) is 9.47 Å². The quantitative estimate of drug-likeness (QED) is 0.340. The summed E-state index contributed by atoms with van der Waals surface area (Å²) in [6, 6.07) is 21.5. The van der Waals surface area contributed by atoms with E-state index in [0.29, 0.717) is 11.3 Å². The highest BCUT2D eigenvalue weighted by Gasteiger charge is 2.40. The molecular weight excluding hydrogens is 509 g/mol.